The van der Waals surface area contributed by atoms with Gasteiger partial charge in [-0.2, -0.15) is 0 Å². The summed E-state index contributed by atoms with van der Waals surface area (Å²) in [5.41, 5.74) is 0.436. The summed E-state index contributed by atoms with van der Waals surface area (Å²) in [7, 11) is 0. The summed E-state index contributed by atoms with van der Waals surface area (Å²) >= 11 is 5.90. The van der Waals surface area contributed by atoms with E-state index in [4.69, 9.17) is 11.6 Å². The van der Waals surface area contributed by atoms with Gasteiger partial charge in [-0.05, 0) is 12.1 Å². The smallest absolute Gasteiger partial charge is 0.256 e. The highest BCUT2D eigenvalue weighted by molar-refractivity contribution is 6.35. The predicted molar refractivity (Wildman–Crippen MR) is 56.3 cm³/mol. The Morgan fingerprint density at radius 3 is 2.67 bits per heavy atom. The number of aromatic nitrogens is 1. The summed E-state index contributed by atoms with van der Waals surface area (Å²) in [4.78, 5) is 4.00. The molecule has 78 valence electrons. The number of fused-ring (bicyclic) bond motifs is 1. The number of halogens is 3. The highest BCUT2D eigenvalue weighted by atomic mass is 35.5. The van der Waals surface area contributed by atoms with E-state index in [-0.39, 0.29) is 5.56 Å². The van der Waals surface area contributed by atoms with Crippen molar-refractivity contribution >= 4 is 22.5 Å². The van der Waals surface area contributed by atoms with Gasteiger partial charge in [0.05, 0.1) is 10.5 Å². The lowest BCUT2D eigenvalue weighted by atomic mass is 10.1. The van der Waals surface area contributed by atoms with Crippen molar-refractivity contribution in [2.45, 2.75) is 12.8 Å². The van der Waals surface area contributed by atoms with E-state index in [9.17, 15) is 8.78 Å². The van der Waals surface area contributed by atoms with E-state index in [1.807, 2.05) is 0 Å². The van der Waals surface area contributed by atoms with E-state index in [1.54, 1.807) is 12.1 Å². The van der Waals surface area contributed by atoms with E-state index in [2.05, 4.69) is 4.98 Å². The van der Waals surface area contributed by atoms with Crippen LogP contribution in [0.1, 0.15) is 12.5 Å². The van der Waals surface area contributed by atoms with Crippen molar-refractivity contribution in [3.05, 3.63) is 41.0 Å². The molecule has 1 aromatic heterocycles. The molecule has 0 N–H and O–H groups in total. The second kappa shape index (κ2) is 3.42. The Bertz CT molecular complexity index is 505. The SMILES string of the molecule is CC(F)(F)c1ccc2c(Cl)ccnc2c1. The standard InChI is InChI=1S/C11H8ClF2N/c1-11(13,14)7-2-3-8-9(12)4-5-15-10(8)6-7/h2-6H,1H3. The molecule has 1 aromatic carbocycles. The Balaban J connectivity index is 2.68. The fourth-order valence-corrected chi connectivity index (χ4v) is 1.60. The number of rotatable bonds is 1. The maximum atomic E-state index is 13.0. The number of nitrogens with zero attached hydrogens (tertiary/aromatic N) is 1. The normalized spacial score (nSPS) is 12.0. The van der Waals surface area contributed by atoms with Gasteiger partial charge >= 0.3 is 0 Å². The number of alkyl halides is 2. The highest BCUT2D eigenvalue weighted by Crippen LogP contribution is 2.30. The van der Waals surface area contributed by atoms with Gasteiger partial charge in [0.1, 0.15) is 0 Å². The summed E-state index contributed by atoms with van der Waals surface area (Å²) in [5, 5.41) is 1.21. The van der Waals surface area contributed by atoms with Crippen LogP contribution in [-0.2, 0) is 5.92 Å². The second-order valence-electron chi connectivity index (χ2n) is 3.41. The zero-order valence-corrected chi connectivity index (χ0v) is 8.72. The van der Waals surface area contributed by atoms with Crippen molar-refractivity contribution in [3.63, 3.8) is 0 Å². The zero-order chi connectivity index (χ0) is 11.1. The molecule has 0 saturated carbocycles. The van der Waals surface area contributed by atoms with Gasteiger partial charge in [-0.3, -0.25) is 4.98 Å². The number of benzene rings is 1. The van der Waals surface area contributed by atoms with Crippen LogP contribution in [0.25, 0.3) is 10.9 Å². The molecule has 0 atom stereocenters. The lowest BCUT2D eigenvalue weighted by Crippen LogP contribution is -2.06. The molecule has 0 radical (unpaired) electrons. The Hall–Kier alpha value is -1.22. The molecule has 0 aliphatic heterocycles. The second-order valence-corrected chi connectivity index (χ2v) is 3.82. The summed E-state index contributed by atoms with van der Waals surface area (Å²) in [6.07, 6.45) is 1.50. The third-order valence-electron chi connectivity index (χ3n) is 2.20. The van der Waals surface area contributed by atoms with E-state index < -0.39 is 5.92 Å². The van der Waals surface area contributed by atoms with Gasteiger partial charge in [-0.15, -0.1) is 0 Å². The summed E-state index contributed by atoms with van der Waals surface area (Å²) in [5.74, 6) is -2.85. The number of hydrogen-bond donors (Lipinski definition) is 0. The first kappa shape index (κ1) is 10.3. The molecule has 15 heavy (non-hydrogen) atoms. The van der Waals surface area contributed by atoms with E-state index in [0.29, 0.717) is 15.9 Å². The van der Waals surface area contributed by atoms with E-state index in [1.165, 1.54) is 18.3 Å². The van der Waals surface area contributed by atoms with Crippen LogP contribution in [0, 0.1) is 0 Å². The Kier molecular flexibility index (Phi) is 2.35. The van der Waals surface area contributed by atoms with Gasteiger partial charge in [0.25, 0.3) is 5.92 Å². The topological polar surface area (TPSA) is 12.9 Å². The maximum Gasteiger partial charge on any atom is 0.270 e. The molecule has 0 unspecified atom stereocenters. The molecule has 0 amide bonds. The van der Waals surface area contributed by atoms with Gasteiger partial charge in [0.2, 0.25) is 0 Å². The Labute approximate surface area is 90.7 Å². The van der Waals surface area contributed by atoms with Crippen LogP contribution in [0.5, 0.6) is 0 Å². The molecule has 0 aliphatic rings. The van der Waals surface area contributed by atoms with Crippen molar-refractivity contribution in [1.29, 1.82) is 0 Å². The van der Waals surface area contributed by atoms with Gasteiger partial charge in [-0.25, -0.2) is 8.78 Å². The monoisotopic (exact) mass is 227 g/mol. The van der Waals surface area contributed by atoms with Gasteiger partial charge in [0.15, 0.2) is 0 Å². The molecule has 0 spiro atoms. The third kappa shape index (κ3) is 1.92. The average Bonchev–Trinajstić information content (AvgIpc) is 2.16. The molecule has 0 aliphatic carbocycles. The quantitative estimate of drug-likeness (QED) is 0.718. The summed E-state index contributed by atoms with van der Waals surface area (Å²) in [6, 6.07) is 5.93. The van der Waals surface area contributed by atoms with Crippen LogP contribution in [0.15, 0.2) is 30.5 Å². The van der Waals surface area contributed by atoms with Crippen LogP contribution >= 0.6 is 11.6 Å². The predicted octanol–water partition coefficient (Wildman–Crippen LogP) is 4.00. The van der Waals surface area contributed by atoms with Crippen molar-refractivity contribution < 1.29 is 8.78 Å². The van der Waals surface area contributed by atoms with Crippen LogP contribution < -0.4 is 0 Å². The Morgan fingerprint density at radius 1 is 1.27 bits per heavy atom. The summed E-state index contributed by atoms with van der Waals surface area (Å²) < 4.78 is 26.0. The van der Waals surface area contributed by atoms with Gasteiger partial charge in [0, 0.05) is 24.1 Å². The highest BCUT2D eigenvalue weighted by Gasteiger charge is 2.24. The zero-order valence-electron chi connectivity index (χ0n) is 7.97. The molecule has 2 aromatic rings. The molecule has 0 fully saturated rings. The molecular formula is C11H8ClF2N. The first-order chi connectivity index (χ1) is 6.98. The van der Waals surface area contributed by atoms with Crippen LogP contribution in [0.4, 0.5) is 8.78 Å². The van der Waals surface area contributed by atoms with E-state index >= 15 is 0 Å². The number of hydrogen-bond acceptors (Lipinski definition) is 1. The fourth-order valence-electron chi connectivity index (χ4n) is 1.39. The minimum Gasteiger partial charge on any atom is -0.256 e. The molecule has 0 bridgehead atoms. The lowest BCUT2D eigenvalue weighted by Gasteiger charge is -2.11. The first-order valence-electron chi connectivity index (χ1n) is 4.41. The summed E-state index contributed by atoms with van der Waals surface area (Å²) in [6.45, 7) is 0.860. The average molecular weight is 228 g/mol. The van der Waals surface area contributed by atoms with Crippen LogP contribution in [-0.4, -0.2) is 4.98 Å². The van der Waals surface area contributed by atoms with Crippen LogP contribution in [0.2, 0.25) is 5.02 Å². The largest absolute Gasteiger partial charge is 0.270 e. The minimum atomic E-state index is -2.85. The third-order valence-corrected chi connectivity index (χ3v) is 2.53. The van der Waals surface area contributed by atoms with Crippen LogP contribution in [0.3, 0.4) is 0 Å². The van der Waals surface area contributed by atoms with Gasteiger partial charge in [-0.1, -0.05) is 23.7 Å². The van der Waals surface area contributed by atoms with E-state index in [0.717, 1.165) is 6.92 Å². The maximum absolute atomic E-state index is 13.0. The molecule has 0 saturated heterocycles. The first-order valence-corrected chi connectivity index (χ1v) is 4.79. The van der Waals surface area contributed by atoms with Crippen molar-refractivity contribution in [2.24, 2.45) is 0 Å². The Morgan fingerprint density at radius 2 is 2.00 bits per heavy atom. The minimum absolute atomic E-state index is 0.0511. The molecule has 2 rings (SSSR count). The van der Waals surface area contributed by atoms with Crippen molar-refractivity contribution in [2.75, 3.05) is 0 Å². The fraction of sp³-hybridized carbons (Fsp3) is 0.182. The van der Waals surface area contributed by atoms with Crippen molar-refractivity contribution in [3.8, 4) is 0 Å². The molecule has 1 nitrogen and oxygen atoms in total. The number of pyridine rings is 1. The molecular weight excluding hydrogens is 220 g/mol. The molecule has 4 heteroatoms. The van der Waals surface area contributed by atoms with Gasteiger partial charge < -0.3 is 0 Å². The molecule has 1 heterocycles. The van der Waals surface area contributed by atoms with Crippen molar-refractivity contribution in [1.82, 2.24) is 4.98 Å². The lowest BCUT2D eigenvalue weighted by molar-refractivity contribution is 0.0176.